The number of unbranched alkanes of at least 4 members (excludes halogenated alkanes) is 16. The summed E-state index contributed by atoms with van der Waals surface area (Å²) in [5.74, 6) is -1.49. The summed E-state index contributed by atoms with van der Waals surface area (Å²) >= 11 is 0. The Hall–Kier alpha value is -2.12. The number of ether oxygens (including phenoxy) is 2. The molecule has 0 aromatic rings. The zero-order chi connectivity index (χ0) is 51.3. The SMILES string of the molecule is CC/C=C\C/C=C\C/C=C\C/C=C\C[C@@H](O)[C@H](O)CCCC(=O)O[C@H](COC(=O)CCCCCCCCCCCCCCCCCCC)COP(=O)(O)O[C@H]1C(O)C(O)C(O)[C@@H](OP(=O)(O)O)C1O. The van der Waals surface area contributed by atoms with Crippen LogP contribution in [-0.2, 0) is 41.8 Å². The lowest BCUT2D eigenvalue weighted by Crippen LogP contribution is -2.64. The third-order valence-electron chi connectivity index (χ3n) is 11.6. The smallest absolute Gasteiger partial charge is 0.462 e. The van der Waals surface area contributed by atoms with E-state index in [2.05, 4.69) is 42.7 Å². The Kier molecular flexibility index (Phi) is 37.1. The molecule has 0 aromatic heterocycles. The van der Waals surface area contributed by atoms with Gasteiger partial charge in [-0.05, 0) is 51.4 Å². The first kappa shape index (κ1) is 64.9. The minimum Gasteiger partial charge on any atom is -0.462 e. The van der Waals surface area contributed by atoms with Crippen molar-refractivity contribution >= 4 is 27.6 Å². The monoisotopic (exact) mass is 1030 g/mol. The fourth-order valence-electron chi connectivity index (χ4n) is 7.58. The zero-order valence-corrected chi connectivity index (χ0v) is 43.0. The summed E-state index contributed by atoms with van der Waals surface area (Å²) in [6.07, 6.45) is 22.1. The minimum atomic E-state index is -5.40. The molecule has 1 aliphatic rings. The van der Waals surface area contributed by atoms with E-state index in [-0.39, 0.29) is 32.1 Å². The van der Waals surface area contributed by atoms with Crippen LogP contribution in [0.3, 0.4) is 0 Å². The quantitative estimate of drug-likeness (QED) is 0.0121. The second-order valence-corrected chi connectivity index (χ2v) is 20.4. The number of phosphoric acid groups is 2. The highest BCUT2D eigenvalue weighted by molar-refractivity contribution is 7.47. The van der Waals surface area contributed by atoms with Crippen LogP contribution in [0.15, 0.2) is 48.6 Å². The number of allylic oxidation sites excluding steroid dienone is 7. The Morgan fingerprint density at radius 3 is 1.46 bits per heavy atom. The van der Waals surface area contributed by atoms with Crippen molar-refractivity contribution in [2.24, 2.45) is 0 Å². The fourth-order valence-corrected chi connectivity index (χ4v) is 9.12. The molecule has 0 aliphatic heterocycles. The van der Waals surface area contributed by atoms with Gasteiger partial charge in [-0.1, -0.05) is 165 Å². The molecule has 69 heavy (non-hydrogen) atoms. The molecule has 0 spiro atoms. The Morgan fingerprint density at radius 1 is 0.522 bits per heavy atom. The molecule has 0 aromatic carbocycles. The Labute approximate surface area is 411 Å². The van der Waals surface area contributed by atoms with E-state index in [1.807, 2.05) is 18.2 Å². The highest BCUT2D eigenvalue weighted by Crippen LogP contribution is 2.49. The van der Waals surface area contributed by atoms with E-state index in [1.165, 1.54) is 77.0 Å². The van der Waals surface area contributed by atoms with Gasteiger partial charge in [0.25, 0.3) is 0 Å². The maximum Gasteiger partial charge on any atom is 0.472 e. The van der Waals surface area contributed by atoms with Gasteiger partial charge < -0.3 is 54.8 Å². The lowest BCUT2D eigenvalue weighted by atomic mass is 9.85. The third-order valence-corrected chi connectivity index (χ3v) is 13.1. The number of aliphatic hydroxyl groups is 6. The first-order valence-corrected chi connectivity index (χ1v) is 28.4. The number of aliphatic hydroxyl groups excluding tert-OH is 6. The highest BCUT2D eigenvalue weighted by Gasteiger charge is 2.54. The number of rotatable bonds is 42. The molecule has 1 aliphatic carbocycles. The molecule has 0 radical (unpaired) electrons. The van der Waals surface area contributed by atoms with Gasteiger partial charge in [0.2, 0.25) is 0 Å². The van der Waals surface area contributed by atoms with E-state index in [1.54, 1.807) is 6.08 Å². The normalized spacial score (nSPS) is 22.4. The van der Waals surface area contributed by atoms with E-state index >= 15 is 0 Å². The summed E-state index contributed by atoms with van der Waals surface area (Å²) in [4.78, 5) is 54.4. The molecule has 10 atom stereocenters. The van der Waals surface area contributed by atoms with E-state index in [0.29, 0.717) is 12.8 Å². The molecule has 5 unspecified atom stereocenters. The molecular formula is C49H88O18P2. The molecule has 0 saturated heterocycles. The van der Waals surface area contributed by atoms with Crippen molar-refractivity contribution in [3.05, 3.63) is 48.6 Å². The minimum absolute atomic E-state index is 0.0261. The maximum atomic E-state index is 13.0. The summed E-state index contributed by atoms with van der Waals surface area (Å²) in [6.45, 7) is 2.77. The first-order valence-electron chi connectivity index (χ1n) is 25.3. The summed E-state index contributed by atoms with van der Waals surface area (Å²) in [6, 6.07) is 0. The van der Waals surface area contributed by atoms with Gasteiger partial charge in [-0.2, -0.15) is 0 Å². The van der Waals surface area contributed by atoms with Crippen LogP contribution in [0.1, 0.15) is 181 Å². The number of carbonyl (C=O) groups is 2. The average molecular weight is 1030 g/mol. The van der Waals surface area contributed by atoms with E-state index in [0.717, 1.165) is 44.9 Å². The molecule has 0 heterocycles. The Morgan fingerprint density at radius 2 is 0.971 bits per heavy atom. The molecular weight excluding hydrogens is 938 g/mol. The van der Waals surface area contributed by atoms with Crippen molar-refractivity contribution in [1.29, 1.82) is 0 Å². The van der Waals surface area contributed by atoms with Gasteiger partial charge in [0.05, 0.1) is 18.8 Å². The van der Waals surface area contributed by atoms with Crippen LogP contribution < -0.4 is 0 Å². The van der Waals surface area contributed by atoms with Gasteiger partial charge in [0.1, 0.15) is 43.2 Å². The highest BCUT2D eigenvalue weighted by atomic mass is 31.2. The average Bonchev–Trinajstić information content (AvgIpc) is 3.30. The van der Waals surface area contributed by atoms with Crippen LogP contribution in [0, 0.1) is 0 Å². The topological polar surface area (TPSA) is 296 Å². The lowest BCUT2D eigenvalue weighted by Gasteiger charge is -2.43. The number of carbonyl (C=O) groups excluding carboxylic acids is 2. The molecule has 402 valence electrons. The molecule has 20 heteroatoms. The van der Waals surface area contributed by atoms with Crippen LogP contribution in [0.2, 0.25) is 0 Å². The van der Waals surface area contributed by atoms with Crippen LogP contribution in [0.4, 0.5) is 0 Å². The molecule has 18 nitrogen and oxygen atoms in total. The van der Waals surface area contributed by atoms with Gasteiger partial charge in [0, 0.05) is 12.8 Å². The summed E-state index contributed by atoms with van der Waals surface area (Å²) in [5, 5.41) is 62.2. The number of hydrogen-bond donors (Lipinski definition) is 9. The third kappa shape index (κ3) is 33.3. The number of phosphoric ester groups is 2. The second-order valence-electron chi connectivity index (χ2n) is 17.8. The number of hydrogen-bond acceptors (Lipinski definition) is 15. The van der Waals surface area contributed by atoms with E-state index in [4.69, 9.17) is 18.5 Å². The molecule has 1 fully saturated rings. The lowest BCUT2D eigenvalue weighted by molar-refractivity contribution is -0.216. The summed E-state index contributed by atoms with van der Waals surface area (Å²) in [7, 11) is -10.8. The maximum absolute atomic E-state index is 13.0. The largest absolute Gasteiger partial charge is 0.472 e. The van der Waals surface area contributed by atoms with Crippen molar-refractivity contribution in [3.63, 3.8) is 0 Å². The van der Waals surface area contributed by atoms with Crippen molar-refractivity contribution in [3.8, 4) is 0 Å². The van der Waals surface area contributed by atoms with Gasteiger partial charge in [-0.15, -0.1) is 0 Å². The standard InChI is InChI=1S/C49H88O18P2/c1-3-5-7-9-11-13-15-17-18-19-20-21-23-25-27-29-31-35-42(52)63-37-39(38-64-69(61,62)67-49-46(56)44(54)45(55)48(47(49)57)66-68(58,59)60)65-43(53)36-32-34-41(51)40(50)33-30-28-26-24-22-16-14-12-10-8-6-4-2/h6,8,12,14,22,24,28,30,39-41,44-51,54-57H,3-5,7,9-11,13,15-21,23,25-27,29,31-38H2,1-2H3,(H,61,62)(H2,58,59,60)/b8-6-,14-12-,24-22-,30-28-/t39-,40-,41-,44?,45?,46?,47?,48-,49+/m1/s1. The van der Waals surface area contributed by atoms with E-state index < -0.39 is 95.7 Å². The van der Waals surface area contributed by atoms with Crippen molar-refractivity contribution < 1.29 is 87.1 Å². The summed E-state index contributed by atoms with van der Waals surface area (Å²) in [5.41, 5.74) is 0. The van der Waals surface area contributed by atoms with Gasteiger partial charge in [-0.25, -0.2) is 9.13 Å². The molecule has 9 N–H and O–H groups in total. The summed E-state index contributed by atoms with van der Waals surface area (Å²) < 4.78 is 49.3. The molecule has 1 saturated carbocycles. The van der Waals surface area contributed by atoms with E-state index in [9.17, 15) is 64.0 Å². The van der Waals surface area contributed by atoms with Crippen LogP contribution in [-0.4, -0.2) is 125 Å². The molecule has 0 bridgehead atoms. The molecule has 1 rings (SSSR count). The predicted octanol–water partition coefficient (Wildman–Crippen LogP) is 8.01. The fraction of sp³-hybridized carbons (Fsp3) is 0.796. The number of esters is 2. The predicted molar refractivity (Wildman–Crippen MR) is 262 cm³/mol. The van der Waals surface area contributed by atoms with Crippen LogP contribution in [0.5, 0.6) is 0 Å². The Balaban J connectivity index is 2.66. The zero-order valence-electron chi connectivity index (χ0n) is 41.2. The first-order chi connectivity index (χ1) is 32.9. The van der Waals surface area contributed by atoms with Crippen LogP contribution in [0.25, 0.3) is 0 Å². The molecule has 0 amide bonds. The second kappa shape index (κ2) is 39.4. The Bertz CT molecular complexity index is 1550. The van der Waals surface area contributed by atoms with Crippen molar-refractivity contribution in [2.45, 2.75) is 236 Å². The van der Waals surface area contributed by atoms with Crippen molar-refractivity contribution in [2.75, 3.05) is 13.2 Å². The van der Waals surface area contributed by atoms with Gasteiger partial charge in [-0.3, -0.25) is 23.2 Å². The van der Waals surface area contributed by atoms with Crippen LogP contribution >= 0.6 is 15.6 Å². The van der Waals surface area contributed by atoms with Crippen molar-refractivity contribution in [1.82, 2.24) is 0 Å². The van der Waals surface area contributed by atoms with Gasteiger partial charge in [0.15, 0.2) is 6.10 Å². The van der Waals surface area contributed by atoms with Gasteiger partial charge >= 0.3 is 27.6 Å².